The summed E-state index contributed by atoms with van der Waals surface area (Å²) in [5.41, 5.74) is 5.65. The molecule has 0 bridgehead atoms. The monoisotopic (exact) mass is 282 g/mol. The number of nitrogens with zero attached hydrogens (tertiary/aromatic N) is 2. The van der Waals surface area contributed by atoms with Crippen LogP contribution in [0.15, 0.2) is 18.3 Å². The number of amides is 1. The lowest BCUT2D eigenvalue weighted by Gasteiger charge is -2.05. The summed E-state index contributed by atoms with van der Waals surface area (Å²) in [5, 5.41) is 3.81. The molecular formula is C11H11ClN4OS. The van der Waals surface area contributed by atoms with Gasteiger partial charge in [-0.25, -0.2) is 9.97 Å². The molecule has 0 aliphatic carbocycles. The van der Waals surface area contributed by atoms with Gasteiger partial charge in [0.05, 0.1) is 11.6 Å². The van der Waals surface area contributed by atoms with Crippen molar-refractivity contribution >= 4 is 34.7 Å². The Kier molecular flexibility index (Phi) is 3.78. The Morgan fingerprint density at radius 3 is 3.00 bits per heavy atom. The highest BCUT2D eigenvalue weighted by atomic mass is 35.5. The molecule has 0 saturated carbocycles. The van der Waals surface area contributed by atoms with Gasteiger partial charge in [-0.15, -0.1) is 11.3 Å². The van der Waals surface area contributed by atoms with Gasteiger partial charge in [0.1, 0.15) is 16.5 Å². The number of hydrogen-bond acceptors (Lipinski definition) is 5. The predicted molar refractivity (Wildman–Crippen MR) is 71.7 cm³/mol. The van der Waals surface area contributed by atoms with Crippen LogP contribution in [0.3, 0.4) is 0 Å². The van der Waals surface area contributed by atoms with E-state index in [2.05, 4.69) is 15.3 Å². The van der Waals surface area contributed by atoms with Gasteiger partial charge in [-0.1, -0.05) is 11.6 Å². The topological polar surface area (TPSA) is 80.9 Å². The summed E-state index contributed by atoms with van der Waals surface area (Å²) in [7, 11) is 0. The molecular weight excluding hydrogens is 272 g/mol. The Bertz CT molecular complexity index is 584. The quantitative estimate of drug-likeness (QED) is 0.902. The maximum atomic E-state index is 11.9. The fraction of sp³-hybridized carbons (Fsp3) is 0.182. The highest BCUT2D eigenvalue weighted by molar-refractivity contribution is 7.11. The van der Waals surface area contributed by atoms with Crippen molar-refractivity contribution in [1.29, 1.82) is 0 Å². The minimum absolute atomic E-state index is 0.130. The number of hydrogen-bond donors (Lipinski definition) is 2. The molecule has 0 aliphatic rings. The van der Waals surface area contributed by atoms with E-state index in [9.17, 15) is 4.79 Å². The van der Waals surface area contributed by atoms with Crippen LogP contribution in [-0.4, -0.2) is 15.9 Å². The second-order valence-corrected chi connectivity index (χ2v) is 5.34. The molecule has 0 fully saturated rings. The van der Waals surface area contributed by atoms with Crippen LogP contribution < -0.4 is 11.1 Å². The van der Waals surface area contributed by atoms with Crippen molar-refractivity contribution in [2.75, 3.05) is 5.73 Å². The van der Waals surface area contributed by atoms with E-state index < -0.39 is 0 Å². The van der Waals surface area contributed by atoms with E-state index in [1.165, 1.54) is 11.3 Å². The number of anilines is 1. The van der Waals surface area contributed by atoms with Crippen LogP contribution in [0.1, 0.15) is 20.4 Å². The summed E-state index contributed by atoms with van der Waals surface area (Å²) in [4.78, 5) is 21.0. The summed E-state index contributed by atoms with van der Waals surface area (Å²) in [6, 6.07) is 3.09. The highest BCUT2D eigenvalue weighted by Gasteiger charge is 2.12. The number of carbonyl (C=O) groups excluding carboxylic acids is 1. The number of nitrogens with one attached hydrogen (secondary N) is 1. The minimum Gasteiger partial charge on any atom is -0.384 e. The molecule has 2 heterocycles. The summed E-state index contributed by atoms with van der Waals surface area (Å²) in [6.07, 6.45) is 1.76. The van der Waals surface area contributed by atoms with Crippen LogP contribution >= 0.6 is 22.9 Å². The Morgan fingerprint density at radius 1 is 1.56 bits per heavy atom. The standard InChI is InChI=1S/C11H11ClN4OS/c1-6-4-14-9(18-6)5-15-11(17)10-7(12)2-3-8(13)16-10/h2-4H,5H2,1H3,(H2,13,16)(H,15,17). The Hall–Kier alpha value is -1.66. The van der Waals surface area contributed by atoms with Crippen LogP contribution in [0.2, 0.25) is 5.02 Å². The second kappa shape index (κ2) is 5.32. The smallest absolute Gasteiger partial charge is 0.271 e. The van der Waals surface area contributed by atoms with Gasteiger partial charge in [-0.05, 0) is 19.1 Å². The highest BCUT2D eigenvalue weighted by Crippen LogP contribution is 2.15. The van der Waals surface area contributed by atoms with Gasteiger partial charge in [0.15, 0.2) is 0 Å². The van der Waals surface area contributed by atoms with E-state index in [0.717, 1.165) is 9.88 Å². The molecule has 2 rings (SSSR count). The number of rotatable bonds is 3. The van der Waals surface area contributed by atoms with Crippen molar-refractivity contribution in [3.05, 3.63) is 38.9 Å². The first-order valence-electron chi connectivity index (χ1n) is 5.18. The lowest BCUT2D eigenvalue weighted by molar-refractivity contribution is 0.0946. The number of aryl methyl sites for hydroxylation is 1. The van der Waals surface area contributed by atoms with E-state index >= 15 is 0 Å². The minimum atomic E-state index is -0.361. The van der Waals surface area contributed by atoms with Gasteiger partial charge in [0.25, 0.3) is 5.91 Å². The predicted octanol–water partition coefficient (Wildman–Crippen LogP) is 2.01. The SMILES string of the molecule is Cc1cnc(CNC(=O)c2nc(N)ccc2Cl)s1. The third kappa shape index (κ3) is 2.96. The first kappa shape index (κ1) is 12.8. The fourth-order valence-electron chi connectivity index (χ4n) is 1.34. The molecule has 5 nitrogen and oxygen atoms in total. The lowest BCUT2D eigenvalue weighted by atomic mass is 10.3. The Balaban J connectivity index is 2.05. The second-order valence-electron chi connectivity index (χ2n) is 3.61. The zero-order valence-electron chi connectivity index (χ0n) is 9.61. The van der Waals surface area contributed by atoms with Crippen LogP contribution in [0.25, 0.3) is 0 Å². The van der Waals surface area contributed by atoms with E-state index in [0.29, 0.717) is 6.54 Å². The van der Waals surface area contributed by atoms with Crippen molar-refractivity contribution < 1.29 is 4.79 Å². The molecule has 0 aliphatic heterocycles. The van der Waals surface area contributed by atoms with Gasteiger partial charge >= 0.3 is 0 Å². The van der Waals surface area contributed by atoms with Gasteiger partial charge in [0.2, 0.25) is 0 Å². The summed E-state index contributed by atoms with van der Waals surface area (Å²) < 4.78 is 0. The molecule has 94 valence electrons. The van der Waals surface area contributed by atoms with Crippen molar-refractivity contribution in [2.24, 2.45) is 0 Å². The molecule has 3 N–H and O–H groups in total. The number of pyridine rings is 1. The fourth-order valence-corrected chi connectivity index (χ4v) is 2.26. The summed E-state index contributed by atoms with van der Waals surface area (Å²) in [5.74, 6) is -0.102. The Morgan fingerprint density at radius 2 is 2.33 bits per heavy atom. The van der Waals surface area contributed by atoms with Crippen LogP contribution in [0.5, 0.6) is 0 Å². The molecule has 0 radical (unpaired) electrons. The summed E-state index contributed by atoms with van der Waals surface area (Å²) >= 11 is 7.41. The summed E-state index contributed by atoms with van der Waals surface area (Å²) in [6.45, 7) is 2.31. The van der Waals surface area contributed by atoms with Gasteiger partial charge < -0.3 is 11.1 Å². The lowest BCUT2D eigenvalue weighted by Crippen LogP contribution is -2.24. The number of nitrogen functional groups attached to an aromatic ring is 1. The molecule has 0 unspecified atom stereocenters. The largest absolute Gasteiger partial charge is 0.384 e. The van der Waals surface area contributed by atoms with E-state index in [-0.39, 0.29) is 22.4 Å². The van der Waals surface area contributed by atoms with Crippen LogP contribution in [0.4, 0.5) is 5.82 Å². The molecule has 0 saturated heterocycles. The molecule has 0 spiro atoms. The van der Waals surface area contributed by atoms with Crippen LogP contribution in [-0.2, 0) is 6.54 Å². The van der Waals surface area contributed by atoms with E-state index in [1.807, 2.05) is 6.92 Å². The average Bonchev–Trinajstić information content (AvgIpc) is 2.75. The first-order valence-corrected chi connectivity index (χ1v) is 6.37. The number of halogens is 1. The third-order valence-corrected chi connectivity index (χ3v) is 3.37. The Labute approximate surface area is 113 Å². The van der Waals surface area contributed by atoms with E-state index in [1.54, 1.807) is 18.3 Å². The number of thiazole rings is 1. The molecule has 2 aromatic heterocycles. The third-order valence-electron chi connectivity index (χ3n) is 2.15. The molecule has 0 atom stereocenters. The maximum Gasteiger partial charge on any atom is 0.271 e. The first-order chi connectivity index (χ1) is 8.56. The van der Waals surface area contributed by atoms with Gasteiger partial charge in [-0.2, -0.15) is 0 Å². The van der Waals surface area contributed by atoms with Crippen molar-refractivity contribution in [1.82, 2.24) is 15.3 Å². The molecule has 0 aromatic carbocycles. The average molecular weight is 283 g/mol. The zero-order valence-corrected chi connectivity index (χ0v) is 11.2. The van der Waals surface area contributed by atoms with Gasteiger partial charge in [0, 0.05) is 11.1 Å². The maximum absolute atomic E-state index is 11.9. The molecule has 18 heavy (non-hydrogen) atoms. The molecule has 1 amide bonds. The van der Waals surface area contributed by atoms with Gasteiger partial charge in [-0.3, -0.25) is 4.79 Å². The van der Waals surface area contributed by atoms with E-state index in [4.69, 9.17) is 17.3 Å². The van der Waals surface area contributed by atoms with Crippen LogP contribution in [0, 0.1) is 6.92 Å². The normalized spacial score (nSPS) is 10.3. The number of nitrogens with two attached hydrogens (primary N) is 1. The van der Waals surface area contributed by atoms with Crippen molar-refractivity contribution in [3.8, 4) is 0 Å². The number of aromatic nitrogens is 2. The molecule has 2 aromatic rings. The van der Waals surface area contributed by atoms with Crippen molar-refractivity contribution in [3.63, 3.8) is 0 Å². The number of carbonyl (C=O) groups is 1. The zero-order chi connectivity index (χ0) is 13.1. The molecule has 7 heteroatoms. The van der Waals surface area contributed by atoms with Crippen molar-refractivity contribution in [2.45, 2.75) is 13.5 Å².